The molecule has 0 spiro atoms. The minimum absolute atomic E-state index is 0.598. The number of nitrogens with zero attached hydrogens (tertiary/aromatic N) is 3. The second kappa shape index (κ2) is 5.24. The van der Waals surface area contributed by atoms with Crippen molar-refractivity contribution in [1.82, 2.24) is 9.88 Å². The molecular weight excluding hydrogens is 248 g/mol. The highest BCUT2D eigenvalue weighted by molar-refractivity contribution is 5.66. The van der Waals surface area contributed by atoms with Gasteiger partial charge in [-0.3, -0.25) is 4.90 Å². The highest BCUT2D eigenvalue weighted by atomic mass is 15.2. The van der Waals surface area contributed by atoms with Gasteiger partial charge in [0.2, 0.25) is 0 Å². The molecule has 1 atom stereocenters. The molecule has 0 amide bonds. The molecule has 3 fully saturated rings. The van der Waals surface area contributed by atoms with Crippen molar-refractivity contribution >= 4 is 11.5 Å². The Morgan fingerprint density at radius 1 is 1.10 bits per heavy atom. The number of aromatic nitrogens is 1. The van der Waals surface area contributed by atoms with Crippen LogP contribution in [0.5, 0.6) is 0 Å². The van der Waals surface area contributed by atoms with Crippen molar-refractivity contribution < 1.29 is 0 Å². The minimum Gasteiger partial charge on any atom is -0.378 e. The molecular formula is C16H24N4. The first kappa shape index (κ1) is 12.5. The Hall–Kier alpha value is -1.29. The molecule has 2 aliphatic heterocycles. The van der Waals surface area contributed by atoms with Crippen molar-refractivity contribution in [2.45, 2.75) is 44.2 Å². The molecule has 0 bridgehead atoms. The molecule has 1 aromatic rings. The smallest absolute Gasteiger partial charge is 0.151 e. The van der Waals surface area contributed by atoms with E-state index in [0.717, 1.165) is 24.9 Å². The van der Waals surface area contributed by atoms with Crippen LogP contribution in [0.25, 0.3) is 0 Å². The fourth-order valence-corrected chi connectivity index (χ4v) is 3.59. The summed E-state index contributed by atoms with van der Waals surface area (Å²) in [6.07, 6.45) is 8.62. The van der Waals surface area contributed by atoms with Gasteiger partial charge in [-0.05, 0) is 44.2 Å². The van der Waals surface area contributed by atoms with E-state index in [1.165, 1.54) is 50.9 Å². The first-order valence-electron chi connectivity index (χ1n) is 8.11. The van der Waals surface area contributed by atoms with E-state index in [1.54, 1.807) is 0 Å². The first-order chi connectivity index (χ1) is 9.90. The van der Waals surface area contributed by atoms with E-state index in [1.807, 2.05) is 6.20 Å². The second-order valence-corrected chi connectivity index (χ2v) is 6.42. The van der Waals surface area contributed by atoms with E-state index in [4.69, 9.17) is 0 Å². The molecule has 4 heteroatoms. The zero-order valence-corrected chi connectivity index (χ0v) is 12.1. The predicted octanol–water partition coefficient (Wildman–Crippen LogP) is 2.33. The lowest BCUT2D eigenvalue weighted by Gasteiger charge is -2.23. The van der Waals surface area contributed by atoms with Crippen molar-refractivity contribution in [3.05, 3.63) is 18.3 Å². The summed E-state index contributed by atoms with van der Waals surface area (Å²) in [5, 5.41) is 3.75. The zero-order valence-electron chi connectivity index (χ0n) is 12.1. The lowest BCUT2D eigenvalue weighted by molar-refractivity contribution is 0.326. The van der Waals surface area contributed by atoms with Gasteiger partial charge in [0.25, 0.3) is 0 Å². The molecule has 20 heavy (non-hydrogen) atoms. The van der Waals surface area contributed by atoms with Crippen LogP contribution in [-0.2, 0) is 0 Å². The molecule has 1 aliphatic carbocycles. The van der Waals surface area contributed by atoms with Gasteiger partial charge in [0, 0.05) is 44.5 Å². The molecule has 4 rings (SSSR count). The average molecular weight is 272 g/mol. The Bertz CT molecular complexity index is 465. The summed E-state index contributed by atoms with van der Waals surface area (Å²) < 4.78 is 0. The predicted molar refractivity (Wildman–Crippen MR) is 82.3 cm³/mol. The number of nitrogens with one attached hydrogen (secondary N) is 1. The summed E-state index contributed by atoms with van der Waals surface area (Å²) in [6, 6.07) is 5.74. The van der Waals surface area contributed by atoms with Crippen LogP contribution in [0.15, 0.2) is 18.3 Å². The van der Waals surface area contributed by atoms with Crippen molar-refractivity contribution in [1.29, 1.82) is 0 Å². The third-order valence-corrected chi connectivity index (χ3v) is 4.83. The Morgan fingerprint density at radius 3 is 2.75 bits per heavy atom. The van der Waals surface area contributed by atoms with Gasteiger partial charge in [0.1, 0.15) is 0 Å². The quantitative estimate of drug-likeness (QED) is 0.911. The van der Waals surface area contributed by atoms with E-state index >= 15 is 0 Å². The van der Waals surface area contributed by atoms with Crippen molar-refractivity contribution in [3.8, 4) is 0 Å². The van der Waals surface area contributed by atoms with Gasteiger partial charge in [-0.1, -0.05) is 0 Å². The van der Waals surface area contributed by atoms with Crippen molar-refractivity contribution in [2.75, 3.05) is 36.4 Å². The van der Waals surface area contributed by atoms with Crippen LogP contribution in [0.4, 0.5) is 11.5 Å². The van der Waals surface area contributed by atoms with E-state index in [-0.39, 0.29) is 0 Å². The molecule has 1 saturated carbocycles. The Kier molecular flexibility index (Phi) is 3.26. The van der Waals surface area contributed by atoms with Crippen LogP contribution in [0.2, 0.25) is 0 Å². The summed E-state index contributed by atoms with van der Waals surface area (Å²) >= 11 is 0. The zero-order chi connectivity index (χ0) is 13.4. The van der Waals surface area contributed by atoms with Crippen molar-refractivity contribution in [2.24, 2.45) is 0 Å². The summed E-state index contributed by atoms with van der Waals surface area (Å²) in [6.45, 7) is 4.79. The minimum atomic E-state index is 0.598. The number of anilines is 2. The van der Waals surface area contributed by atoms with Crippen LogP contribution in [0, 0.1) is 0 Å². The summed E-state index contributed by atoms with van der Waals surface area (Å²) in [4.78, 5) is 9.70. The van der Waals surface area contributed by atoms with E-state index < -0.39 is 0 Å². The maximum Gasteiger partial charge on any atom is 0.151 e. The molecule has 0 radical (unpaired) electrons. The molecule has 4 nitrogen and oxygen atoms in total. The van der Waals surface area contributed by atoms with Crippen LogP contribution >= 0.6 is 0 Å². The summed E-state index contributed by atoms with van der Waals surface area (Å²) in [7, 11) is 0. The maximum atomic E-state index is 4.62. The highest BCUT2D eigenvalue weighted by Crippen LogP contribution is 2.32. The van der Waals surface area contributed by atoms with Crippen molar-refractivity contribution in [3.63, 3.8) is 0 Å². The second-order valence-electron chi connectivity index (χ2n) is 6.42. The number of hydrogen-bond donors (Lipinski definition) is 1. The first-order valence-corrected chi connectivity index (χ1v) is 8.11. The van der Waals surface area contributed by atoms with Gasteiger partial charge in [0.05, 0.1) is 5.69 Å². The molecule has 1 unspecified atom stereocenters. The fourth-order valence-electron chi connectivity index (χ4n) is 3.59. The highest BCUT2D eigenvalue weighted by Gasteiger charge is 2.34. The lowest BCUT2D eigenvalue weighted by Crippen LogP contribution is -2.29. The molecule has 108 valence electrons. The SMILES string of the molecule is c1cnc(N2CCCC2)c(NC2CCN(C3CC3)C2)c1. The largest absolute Gasteiger partial charge is 0.378 e. The molecule has 1 N–H and O–H groups in total. The molecule has 1 aromatic heterocycles. The number of rotatable bonds is 4. The normalized spacial score (nSPS) is 27.2. The van der Waals surface area contributed by atoms with E-state index in [2.05, 4.69) is 32.2 Å². The molecule has 0 aromatic carbocycles. The standard InChI is InChI=1S/C16H24N4/c1-2-10-19(9-1)16-15(4-3-8-17-16)18-13-7-11-20(12-13)14-5-6-14/h3-4,8,13-14,18H,1-2,5-7,9-12H2. The molecule has 3 aliphatic rings. The van der Waals surface area contributed by atoms with Crippen LogP contribution in [-0.4, -0.2) is 48.1 Å². The Balaban J connectivity index is 1.45. The third-order valence-electron chi connectivity index (χ3n) is 4.83. The third kappa shape index (κ3) is 2.49. The molecule has 3 heterocycles. The lowest BCUT2D eigenvalue weighted by atomic mass is 10.2. The summed E-state index contributed by atoms with van der Waals surface area (Å²) in [5.74, 6) is 1.16. The van der Waals surface area contributed by atoms with Gasteiger partial charge in [-0.25, -0.2) is 4.98 Å². The number of pyridine rings is 1. The van der Waals surface area contributed by atoms with E-state index in [9.17, 15) is 0 Å². The van der Waals surface area contributed by atoms with Crippen LogP contribution in [0.3, 0.4) is 0 Å². The maximum absolute atomic E-state index is 4.62. The van der Waals surface area contributed by atoms with Gasteiger partial charge in [-0.15, -0.1) is 0 Å². The van der Waals surface area contributed by atoms with Gasteiger partial charge in [0.15, 0.2) is 5.82 Å². The van der Waals surface area contributed by atoms with Gasteiger partial charge < -0.3 is 10.2 Å². The fraction of sp³-hybridized carbons (Fsp3) is 0.688. The van der Waals surface area contributed by atoms with Gasteiger partial charge in [-0.2, -0.15) is 0 Å². The Labute approximate surface area is 121 Å². The van der Waals surface area contributed by atoms with Crippen LogP contribution in [0.1, 0.15) is 32.1 Å². The monoisotopic (exact) mass is 272 g/mol. The van der Waals surface area contributed by atoms with Gasteiger partial charge >= 0.3 is 0 Å². The number of likely N-dealkylation sites (tertiary alicyclic amines) is 1. The van der Waals surface area contributed by atoms with E-state index in [0.29, 0.717) is 6.04 Å². The molecule has 2 saturated heterocycles. The Morgan fingerprint density at radius 2 is 1.95 bits per heavy atom. The summed E-state index contributed by atoms with van der Waals surface area (Å²) in [5.41, 5.74) is 1.23. The van der Waals surface area contributed by atoms with Crippen LogP contribution < -0.4 is 10.2 Å². The topological polar surface area (TPSA) is 31.4 Å². The number of hydrogen-bond acceptors (Lipinski definition) is 4. The average Bonchev–Trinajstić information content (AvgIpc) is 3.00.